The van der Waals surface area contributed by atoms with E-state index in [4.69, 9.17) is 9.84 Å². The largest absolute Gasteiger partial charge is 0.494 e. The molecule has 0 amide bonds. The van der Waals surface area contributed by atoms with Crippen molar-refractivity contribution in [2.75, 3.05) is 13.7 Å². The Hall–Kier alpha value is -1.67. The lowest BCUT2D eigenvalue weighted by molar-refractivity contribution is -0.141. The summed E-state index contributed by atoms with van der Waals surface area (Å²) in [4.78, 5) is 10.4. The van der Waals surface area contributed by atoms with E-state index in [1.54, 1.807) is 0 Å². The van der Waals surface area contributed by atoms with E-state index >= 15 is 0 Å². The van der Waals surface area contributed by atoms with Gasteiger partial charge in [-0.05, 0) is 24.6 Å². The molecule has 0 aliphatic rings. The first-order valence-corrected chi connectivity index (χ1v) is 7.32. The molecule has 0 bridgehead atoms. The zero-order valence-corrected chi connectivity index (χ0v) is 11.9. The topological polar surface area (TPSA) is 92.7 Å². The molecule has 8 heteroatoms. The second-order valence-corrected chi connectivity index (χ2v) is 5.99. The van der Waals surface area contributed by atoms with E-state index in [1.807, 2.05) is 0 Å². The number of carbonyl (C=O) groups is 1. The zero-order chi connectivity index (χ0) is 15.3. The number of hydrogen-bond acceptors (Lipinski definition) is 4. The molecular weight excluding hydrogens is 289 g/mol. The highest BCUT2D eigenvalue weighted by atomic mass is 32.2. The molecule has 0 fully saturated rings. The van der Waals surface area contributed by atoms with Crippen LogP contribution in [0.15, 0.2) is 23.1 Å². The zero-order valence-electron chi connectivity index (χ0n) is 11.1. The van der Waals surface area contributed by atoms with E-state index in [9.17, 15) is 17.6 Å². The Labute approximate surface area is 116 Å². The summed E-state index contributed by atoms with van der Waals surface area (Å²) < 4.78 is 44.1. The molecule has 0 saturated heterocycles. The number of halogens is 1. The van der Waals surface area contributed by atoms with Gasteiger partial charge in [0.25, 0.3) is 0 Å². The van der Waals surface area contributed by atoms with Crippen molar-refractivity contribution in [1.29, 1.82) is 0 Å². The molecule has 20 heavy (non-hydrogen) atoms. The number of sulfonamides is 1. The van der Waals surface area contributed by atoms with Gasteiger partial charge in [0.15, 0.2) is 11.6 Å². The summed E-state index contributed by atoms with van der Waals surface area (Å²) in [5.41, 5.74) is 0. The van der Waals surface area contributed by atoms with Crippen LogP contribution >= 0.6 is 0 Å². The first-order valence-electron chi connectivity index (χ1n) is 5.84. The third-order valence-corrected chi connectivity index (χ3v) is 4.18. The van der Waals surface area contributed by atoms with Crippen LogP contribution in [0.25, 0.3) is 0 Å². The predicted octanol–water partition coefficient (Wildman–Crippen LogP) is 1.22. The second-order valence-electron chi connectivity index (χ2n) is 4.22. The van der Waals surface area contributed by atoms with Crippen LogP contribution in [0.2, 0.25) is 0 Å². The Morgan fingerprint density at radius 1 is 1.50 bits per heavy atom. The van der Waals surface area contributed by atoms with E-state index in [-0.39, 0.29) is 23.6 Å². The van der Waals surface area contributed by atoms with Crippen LogP contribution in [0.5, 0.6) is 5.75 Å². The average molecular weight is 305 g/mol. The lowest BCUT2D eigenvalue weighted by Crippen LogP contribution is -2.27. The van der Waals surface area contributed by atoms with E-state index in [2.05, 4.69) is 4.72 Å². The summed E-state index contributed by atoms with van der Waals surface area (Å²) in [5.74, 6) is -2.50. The molecule has 6 nitrogen and oxygen atoms in total. The van der Waals surface area contributed by atoms with Crippen LogP contribution in [0.3, 0.4) is 0 Å². The Kier molecular flexibility index (Phi) is 5.46. The first-order chi connectivity index (χ1) is 9.27. The van der Waals surface area contributed by atoms with Crippen molar-refractivity contribution in [3.63, 3.8) is 0 Å². The third kappa shape index (κ3) is 4.17. The number of aliphatic carboxylic acids is 1. The van der Waals surface area contributed by atoms with Gasteiger partial charge in [0.2, 0.25) is 10.0 Å². The number of carboxylic acids is 1. The molecule has 0 aromatic heterocycles. The molecule has 0 spiro atoms. The van der Waals surface area contributed by atoms with Crippen LogP contribution < -0.4 is 9.46 Å². The van der Waals surface area contributed by atoms with Gasteiger partial charge in [0.05, 0.1) is 17.9 Å². The normalized spacial score (nSPS) is 12.9. The van der Waals surface area contributed by atoms with Crippen molar-refractivity contribution in [3.05, 3.63) is 24.0 Å². The van der Waals surface area contributed by atoms with Gasteiger partial charge in [-0.2, -0.15) is 0 Å². The molecule has 112 valence electrons. The van der Waals surface area contributed by atoms with Gasteiger partial charge < -0.3 is 9.84 Å². The van der Waals surface area contributed by atoms with Crippen LogP contribution in [-0.2, 0) is 14.8 Å². The lowest BCUT2D eigenvalue weighted by Gasteiger charge is -2.09. The molecule has 0 aliphatic carbocycles. The minimum atomic E-state index is -3.87. The van der Waals surface area contributed by atoms with Gasteiger partial charge in [0, 0.05) is 6.54 Å². The van der Waals surface area contributed by atoms with Gasteiger partial charge in [0.1, 0.15) is 0 Å². The number of ether oxygens (including phenoxy) is 1. The van der Waals surface area contributed by atoms with Crippen molar-refractivity contribution in [1.82, 2.24) is 4.72 Å². The Morgan fingerprint density at radius 2 is 2.15 bits per heavy atom. The maximum atomic E-state index is 13.4. The second kappa shape index (κ2) is 6.67. The van der Waals surface area contributed by atoms with E-state index in [0.29, 0.717) is 0 Å². The molecule has 2 N–H and O–H groups in total. The SMILES string of the molecule is COc1ccc(S(=O)(=O)NCCC(C)C(=O)O)cc1F. The first kappa shape index (κ1) is 16.4. The molecule has 1 aromatic carbocycles. The number of rotatable bonds is 7. The summed E-state index contributed by atoms with van der Waals surface area (Å²) in [5, 5.41) is 8.68. The van der Waals surface area contributed by atoms with E-state index < -0.39 is 27.7 Å². The maximum Gasteiger partial charge on any atom is 0.306 e. The van der Waals surface area contributed by atoms with Gasteiger partial charge in [-0.1, -0.05) is 6.92 Å². The molecule has 0 heterocycles. The van der Waals surface area contributed by atoms with Gasteiger partial charge in [-0.25, -0.2) is 17.5 Å². The fourth-order valence-electron chi connectivity index (χ4n) is 1.43. The summed E-state index contributed by atoms with van der Waals surface area (Å²) in [7, 11) is -2.59. The standard InChI is InChI=1S/C12H16FNO5S/c1-8(12(15)16)5-6-14-20(17,18)9-3-4-11(19-2)10(13)7-9/h3-4,7-8,14H,5-6H2,1-2H3,(H,15,16). The number of carboxylic acid groups (broad SMARTS) is 1. The minimum Gasteiger partial charge on any atom is -0.494 e. The molecule has 0 saturated carbocycles. The molecule has 1 aromatic rings. The number of benzene rings is 1. The van der Waals surface area contributed by atoms with Gasteiger partial charge in [-0.3, -0.25) is 4.79 Å². The Bertz CT molecular complexity index is 588. The van der Waals surface area contributed by atoms with E-state index in [0.717, 1.165) is 6.07 Å². The molecular formula is C12H16FNO5S. The van der Waals surface area contributed by atoms with Crippen LogP contribution in [0.4, 0.5) is 4.39 Å². The van der Waals surface area contributed by atoms with Gasteiger partial charge in [-0.15, -0.1) is 0 Å². The number of hydrogen-bond donors (Lipinski definition) is 2. The summed E-state index contributed by atoms with van der Waals surface area (Å²) >= 11 is 0. The maximum absolute atomic E-state index is 13.4. The highest BCUT2D eigenvalue weighted by Crippen LogP contribution is 2.20. The highest BCUT2D eigenvalue weighted by molar-refractivity contribution is 7.89. The predicted molar refractivity (Wildman–Crippen MR) is 69.6 cm³/mol. The van der Waals surface area contributed by atoms with Crippen molar-refractivity contribution < 1.29 is 27.4 Å². The molecule has 1 unspecified atom stereocenters. The smallest absolute Gasteiger partial charge is 0.306 e. The van der Waals surface area contributed by atoms with Crippen molar-refractivity contribution in [3.8, 4) is 5.75 Å². The van der Waals surface area contributed by atoms with Crippen molar-refractivity contribution >= 4 is 16.0 Å². The van der Waals surface area contributed by atoms with Crippen LogP contribution in [0.1, 0.15) is 13.3 Å². The highest BCUT2D eigenvalue weighted by Gasteiger charge is 2.17. The number of methoxy groups -OCH3 is 1. The Morgan fingerprint density at radius 3 is 2.65 bits per heavy atom. The average Bonchev–Trinajstić information content (AvgIpc) is 2.38. The van der Waals surface area contributed by atoms with Crippen molar-refractivity contribution in [2.45, 2.75) is 18.2 Å². The van der Waals surface area contributed by atoms with Crippen LogP contribution in [0, 0.1) is 11.7 Å². The Balaban J connectivity index is 2.74. The van der Waals surface area contributed by atoms with Crippen LogP contribution in [-0.4, -0.2) is 33.1 Å². The molecule has 1 atom stereocenters. The monoisotopic (exact) mass is 305 g/mol. The lowest BCUT2D eigenvalue weighted by atomic mass is 10.1. The fourth-order valence-corrected chi connectivity index (χ4v) is 2.49. The van der Waals surface area contributed by atoms with E-state index in [1.165, 1.54) is 26.2 Å². The molecule has 1 rings (SSSR count). The fraction of sp³-hybridized carbons (Fsp3) is 0.417. The summed E-state index contributed by atoms with van der Waals surface area (Å²) in [6.45, 7) is 1.44. The third-order valence-electron chi connectivity index (χ3n) is 2.72. The number of nitrogens with one attached hydrogen (secondary N) is 1. The summed E-state index contributed by atoms with van der Waals surface area (Å²) in [6, 6.07) is 3.27. The quantitative estimate of drug-likeness (QED) is 0.790. The summed E-state index contributed by atoms with van der Waals surface area (Å²) in [6.07, 6.45) is 0.146. The van der Waals surface area contributed by atoms with Crippen molar-refractivity contribution in [2.24, 2.45) is 5.92 Å². The molecule has 0 radical (unpaired) electrons. The minimum absolute atomic E-state index is 0.0382. The molecule has 0 aliphatic heterocycles. The van der Waals surface area contributed by atoms with Gasteiger partial charge >= 0.3 is 5.97 Å².